The van der Waals surface area contributed by atoms with Gasteiger partial charge in [-0.2, -0.15) is 4.31 Å². The van der Waals surface area contributed by atoms with Gasteiger partial charge in [0.1, 0.15) is 5.75 Å². The highest BCUT2D eigenvalue weighted by atomic mass is 32.2. The van der Waals surface area contributed by atoms with Gasteiger partial charge in [-0.25, -0.2) is 8.42 Å². The number of H-pyrrole nitrogens is 1. The molecule has 5 nitrogen and oxygen atoms in total. The predicted octanol–water partition coefficient (Wildman–Crippen LogP) is 1.77. The van der Waals surface area contributed by atoms with E-state index in [1.165, 1.54) is 4.31 Å². The summed E-state index contributed by atoms with van der Waals surface area (Å²) >= 11 is 0. The summed E-state index contributed by atoms with van der Waals surface area (Å²) in [5, 5.41) is 0. The van der Waals surface area contributed by atoms with E-state index in [4.69, 9.17) is 4.74 Å². The molecule has 0 spiro atoms. The predicted molar refractivity (Wildman–Crippen MR) is 75.1 cm³/mol. The average Bonchev–Trinajstić information content (AvgIpc) is 2.94. The van der Waals surface area contributed by atoms with Crippen LogP contribution in [0.3, 0.4) is 0 Å². The maximum absolute atomic E-state index is 12.6. The molecule has 106 valence electrons. The first-order valence-corrected chi connectivity index (χ1v) is 7.84. The van der Waals surface area contributed by atoms with Crippen LogP contribution in [0.15, 0.2) is 41.4 Å². The molecular formula is C14H16N2O3S. The lowest BCUT2D eigenvalue weighted by Crippen LogP contribution is -2.35. The fraction of sp³-hybridized carbons (Fsp3) is 0.286. The Kier molecular flexibility index (Phi) is 3.27. The van der Waals surface area contributed by atoms with Gasteiger partial charge in [0.2, 0.25) is 10.0 Å². The zero-order valence-corrected chi connectivity index (χ0v) is 12.0. The van der Waals surface area contributed by atoms with Crippen molar-refractivity contribution in [1.29, 1.82) is 0 Å². The summed E-state index contributed by atoms with van der Waals surface area (Å²) in [6, 6.07) is 8.43. The van der Waals surface area contributed by atoms with Crippen LogP contribution in [-0.2, 0) is 23.0 Å². The number of nitrogens with one attached hydrogen (secondary N) is 1. The van der Waals surface area contributed by atoms with Crippen molar-refractivity contribution in [3.63, 3.8) is 0 Å². The van der Waals surface area contributed by atoms with Crippen LogP contribution in [-0.4, -0.2) is 31.4 Å². The number of fused-ring (bicyclic) bond motifs is 1. The van der Waals surface area contributed by atoms with Gasteiger partial charge >= 0.3 is 0 Å². The van der Waals surface area contributed by atoms with Crippen LogP contribution in [0.2, 0.25) is 0 Å². The SMILES string of the molecule is COc1ccc(S(=O)(=O)N2CCc3[nH]ccc3C2)cc1. The summed E-state index contributed by atoms with van der Waals surface area (Å²) in [6.45, 7) is 0.926. The van der Waals surface area contributed by atoms with E-state index in [0.29, 0.717) is 23.7 Å². The van der Waals surface area contributed by atoms with Gasteiger partial charge in [0.15, 0.2) is 0 Å². The van der Waals surface area contributed by atoms with Crippen molar-refractivity contribution < 1.29 is 13.2 Å². The third-order valence-electron chi connectivity index (χ3n) is 3.58. The fourth-order valence-corrected chi connectivity index (χ4v) is 3.84. The minimum atomic E-state index is -3.44. The summed E-state index contributed by atoms with van der Waals surface area (Å²) in [5.74, 6) is 0.649. The van der Waals surface area contributed by atoms with Gasteiger partial charge < -0.3 is 9.72 Å². The Morgan fingerprint density at radius 2 is 1.95 bits per heavy atom. The normalized spacial score (nSPS) is 15.8. The van der Waals surface area contributed by atoms with Crippen molar-refractivity contribution in [2.24, 2.45) is 0 Å². The van der Waals surface area contributed by atoms with E-state index in [-0.39, 0.29) is 0 Å². The number of rotatable bonds is 3. The third-order valence-corrected chi connectivity index (χ3v) is 5.44. The highest BCUT2D eigenvalue weighted by Gasteiger charge is 2.28. The number of nitrogens with zero attached hydrogens (tertiary/aromatic N) is 1. The molecular weight excluding hydrogens is 276 g/mol. The molecule has 2 aromatic rings. The van der Waals surface area contributed by atoms with Gasteiger partial charge in [-0.15, -0.1) is 0 Å². The van der Waals surface area contributed by atoms with Crippen molar-refractivity contribution in [2.75, 3.05) is 13.7 Å². The number of aromatic nitrogens is 1. The minimum absolute atomic E-state index is 0.303. The molecule has 1 N–H and O–H groups in total. The zero-order chi connectivity index (χ0) is 14.2. The number of ether oxygens (including phenoxy) is 1. The number of aromatic amines is 1. The number of methoxy groups -OCH3 is 1. The van der Waals surface area contributed by atoms with Crippen molar-refractivity contribution >= 4 is 10.0 Å². The molecule has 1 aliphatic heterocycles. The van der Waals surface area contributed by atoms with Gasteiger partial charge in [0, 0.05) is 31.4 Å². The fourth-order valence-electron chi connectivity index (χ4n) is 2.42. The van der Waals surface area contributed by atoms with Crippen LogP contribution in [0, 0.1) is 0 Å². The van der Waals surface area contributed by atoms with E-state index in [0.717, 1.165) is 17.7 Å². The van der Waals surface area contributed by atoms with E-state index in [2.05, 4.69) is 4.98 Å². The molecule has 20 heavy (non-hydrogen) atoms. The molecule has 0 bridgehead atoms. The first-order chi connectivity index (χ1) is 9.61. The Balaban J connectivity index is 1.88. The van der Waals surface area contributed by atoms with Crippen LogP contribution >= 0.6 is 0 Å². The second-order valence-corrected chi connectivity index (χ2v) is 6.68. The highest BCUT2D eigenvalue weighted by Crippen LogP contribution is 2.25. The molecule has 0 saturated carbocycles. The van der Waals surface area contributed by atoms with Gasteiger partial charge in [0.05, 0.1) is 12.0 Å². The molecule has 0 amide bonds. The maximum Gasteiger partial charge on any atom is 0.243 e. The summed E-state index contributed by atoms with van der Waals surface area (Å²) in [5.41, 5.74) is 2.18. The molecule has 3 rings (SSSR count). The number of hydrogen-bond acceptors (Lipinski definition) is 3. The van der Waals surface area contributed by atoms with Crippen LogP contribution in [0.1, 0.15) is 11.3 Å². The molecule has 0 atom stereocenters. The summed E-state index contributed by atoms with van der Waals surface area (Å²) in [7, 11) is -1.89. The van der Waals surface area contributed by atoms with E-state index in [9.17, 15) is 8.42 Å². The lowest BCUT2D eigenvalue weighted by molar-refractivity contribution is 0.389. The van der Waals surface area contributed by atoms with Gasteiger partial charge in [-0.05, 0) is 35.9 Å². The summed E-state index contributed by atoms with van der Waals surface area (Å²) < 4.78 is 31.8. The molecule has 0 unspecified atom stereocenters. The number of sulfonamides is 1. The molecule has 0 saturated heterocycles. The lowest BCUT2D eigenvalue weighted by Gasteiger charge is -2.26. The monoisotopic (exact) mass is 292 g/mol. The number of hydrogen-bond donors (Lipinski definition) is 1. The minimum Gasteiger partial charge on any atom is -0.497 e. The van der Waals surface area contributed by atoms with E-state index < -0.39 is 10.0 Å². The Morgan fingerprint density at radius 3 is 2.65 bits per heavy atom. The van der Waals surface area contributed by atoms with Crippen molar-refractivity contribution in [3.8, 4) is 5.75 Å². The van der Waals surface area contributed by atoms with Gasteiger partial charge in [0.25, 0.3) is 0 Å². The smallest absolute Gasteiger partial charge is 0.243 e. The molecule has 2 heterocycles. The quantitative estimate of drug-likeness (QED) is 0.938. The topological polar surface area (TPSA) is 62.4 Å². The molecule has 0 radical (unpaired) electrons. The van der Waals surface area contributed by atoms with Gasteiger partial charge in [-0.1, -0.05) is 0 Å². The number of benzene rings is 1. The summed E-state index contributed by atoms with van der Waals surface area (Å²) in [6.07, 6.45) is 2.58. The Bertz CT molecular complexity index is 704. The largest absolute Gasteiger partial charge is 0.497 e. The van der Waals surface area contributed by atoms with Crippen molar-refractivity contribution in [2.45, 2.75) is 17.9 Å². The highest BCUT2D eigenvalue weighted by molar-refractivity contribution is 7.89. The maximum atomic E-state index is 12.6. The van der Waals surface area contributed by atoms with E-state index in [1.807, 2.05) is 12.3 Å². The van der Waals surface area contributed by atoms with E-state index in [1.54, 1.807) is 31.4 Å². The molecule has 1 aromatic heterocycles. The van der Waals surface area contributed by atoms with Crippen LogP contribution < -0.4 is 4.74 Å². The van der Waals surface area contributed by atoms with Crippen molar-refractivity contribution in [3.05, 3.63) is 47.8 Å². The van der Waals surface area contributed by atoms with Gasteiger partial charge in [-0.3, -0.25) is 0 Å². The Hall–Kier alpha value is -1.79. The van der Waals surface area contributed by atoms with Crippen LogP contribution in [0.5, 0.6) is 5.75 Å². The zero-order valence-electron chi connectivity index (χ0n) is 11.2. The summed E-state index contributed by atoms with van der Waals surface area (Å²) in [4.78, 5) is 3.45. The first kappa shape index (κ1) is 13.2. The molecule has 1 aromatic carbocycles. The molecule has 6 heteroatoms. The molecule has 0 aliphatic carbocycles. The second kappa shape index (κ2) is 4.96. The van der Waals surface area contributed by atoms with Crippen LogP contribution in [0.4, 0.5) is 0 Å². The Morgan fingerprint density at radius 1 is 1.20 bits per heavy atom. The molecule has 0 fully saturated rings. The lowest BCUT2D eigenvalue weighted by atomic mass is 10.1. The first-order valence-electron chi connectivity index (χ1n) is 6.40. The Labute approximate surface area is 118 Å². The second-order valence-electron chi connectivity index (χ2n) is 4.75. The third kappa shape index (κ3) is 2.21. The molecule has 1 aliphatic rings. The van der Waals surface area contributed by atoms with Crippen LogP contribution in [0.25, 0.3) is 0 Å². The van der Waals surface area contributed by atoms with E-state index >= 15 is 0 Å². The standard InChI is InChI=1S/C14H16N2O3S/c1-19-12-2-4-13(5-3-12)20(17,18)16-9-7-14-11(10-16)6-8-15-14/h2-6,8,15H,7,9-10H2,1H3. The van der Waals surface area contributed by atoms with Crippen molar-refractivity contribution in [1.82, 2.24) is 9.29 Å². The average molecular weight is 292 g/mol.